The predicted octanol–water partition coefficient (Wildman–Crippen LogP) is 5.05. The Morgan fingerprint density at radius 1 is 1.03 bits per heavy atom. The summed E-state index contributed by atoms with van der Waals surface area (Å²) in [5, 5.41) is 16.1. The van der Waals surface area contributed by atoms with Gasteiger partial charge in [0.2, 0.25) is 5.91 Å². The van der Waals surface area contributed by atoms with Crippen molar-refractivity contribution in [1.29, 1.82) is 0 Å². The van der Waals surface area contributed by atoms with Crippen molar-refractivity contribution in [2.24, 2.45) is 5.92 Å². The molecule has 0 atom stereocenters. The number of carbonyl (C=O) groups excluding carboxylic acids is 3. The van der Waals surface area contributed by atoms with Crippen molar-refractivity contribution in [3.63, 3.8) is 0 Å². The SMILES string of the molecule is CC(C)(NC(=O)c1cc2c(NC(=O)c3ccccc3NC(=O)C3CCOCC3)[nH]nc2s1)c1ccccc1F. The van der Waals surface area contributed by atoms with Crippen LogP contribution in [0.1, 0.15) is 52.3 Å². The van der Waals surface area contributed by atoms with Crippen LogP contribution >= 0.6 is 11.3 Å². The molecule has 0 saturated carbocycles. The highest BCUT2D eigenvalue weighted by Crippen LogP contribution is 2.31. The van der Waals surface area contributed by atoms with Gasteiger partial charge in [-0.2, -0.15) is 5.10 Å². The molecular weight excluding hydrogens is 521 g/mol. The Hall–Kier alpha value is -4.09. The van der Waals surface area contributed by atoms with Crippen molar-refractivity contribution >= 4 is 50.8 Å². The summed E-state index contributed by atoms with van der Waals surface area (Å²) in [6.45, 7) is 4.54. The van der Waals surface area contributed by atoms with E-state index >= 15 is 0 Å². The van der Waals surface area contributed by atoms with Gasteiger partial charge in [0, 0.05) is 24.7 Å². The van der Waals surface area contributed by atoms with Crippen LogP contribution in [0.5, 0.6) is 0 Å². The highest BCUT2D eigenvalue weighted by molar-refractivity contribution is 7.20. The highest BCUT2D eigenvalue weighted by Gasteiger charge is 2.28. The first-order valence-electron chi connectivity index (χ1n) is 12.6. The molecule has 0 spiro atoms. The fourth-order valence-corrected chi connectivity index (χ4v) is 5.46. The summed E-state index contributed by atoms with van der Waals surface area (Å²) in [5.41, 5.74) is 0.116. The van der Waals surface area contributed by atoms with Crippen LogP contribution in [-0.4, -0.2) is 41.1 Å². The molecule has 4 N–H and O–H groups in total. The summed E-state index contributed by atoms with van der Waals surface area (Å²) < 4.78 is 19.7. The van der Waals surface area contributed by atoms with Gasteiger partial charge < -0.3 is 20.7 Å². The first-order valence-corrected chi connectivity index (χ1v) is 13.4. The maximum absolute atomic E-state index is 14.3. The second-order valence-electron chi connectivity index (χ2n) is 9.86. The number of hydrogen-bond donors (Lipinski definition) is 4. The number of nitrogens with one attached hydrogen (secondary N) is 4. The Balaban J connectivity index is 1.31. The van der Waals surface area contributed by atoms with E-state index in [1.165, 1.54) is 6.07 Å². The van der Waals surface area contributed by atoms with E-state index in [1.807, 2.05) is 0 Å². The van der Waals surface area contributed by atoms with Crippen LogP contribution in [0, 0.1) is 11.7 Å². The van der Waals surface area contributed by atoms with E-state index in [4.69, 9.17) is 4.74 Å². The molecule has 202 valence electrons. The molecule has 39 heavy (non-hydrogen) atoms. The molecule has 2 aromatic heterocycles. The van der Waals surface area contributed by atoms with Crippen molar-refractivity contribution in [3.05, 3.63) is 76.4 Å². The Morgan fingerprint density at radius 3 is 2.51 bits per heavy atom. The minimum absolute atomic E-state index is 0.144. The molecule has 0 radical (unpaired) electrons. The number of benzene rings is 2. The van der Waals surface area contributed by atoms with Gasteiger partial charge in [0.15, 0.2) is 0 Å². The number of fused-ring (bicyclic) bond motifs is 1. The van der Waals surface area contributed by atoms with Crippen molar-refractivity contribution < 1.29 is 23.5 Å². The zero-order valence-electron chi connectivity index (χ0n) is 21.5. The molecular formula is C28H28FN5O4S. The van der Waals surface area contributed by atoms with Crippen LogP contribution in [0.2, 0.25) is 0 Å². The molecule has 5 rings (SSSR count). The molecule has 2 aromatic carbocycles. The minimum atomic E-state index is -0.953. The van der Waals surface area contributed by atoms with Crippen molar-refractivity contribution in [1.82, 2.24) is 15.5 Å². The summed E-state index contributed by atoms with van der Waals surface area (Å²) >= 11 is 1.15. The smallest absolute Gasteiger partial charge is 0.262 e. The second kappa shape index (κ2) is 11.0. The number of para-hydroxylation sites is 1. The second-order valence-corrected chi connectivity index (χ2v) is 10.9. The van der Waals surface area contributed by atoms with Gasteiger partial charge in [0.05, 0.1) is 27.1 Å². The number of hydrogen-bond acceptors (Lipinski definition) is 6. The number of anilines is 2. The fourth-order valence-electron chi connectivity index (χ4n) is 4.56. The van der Waals surface area contributed by atoms with Crippen LogP contribution in [0.4, 0.5) is 15.9 Å². The molecule has 0 aliphatic carbocycles. The Labute approximate surface area is 228 Å². The molecule has 1 aliphatic heterocycles. The number of carbonyl (C=O) groups is 3. The first-order chi connectivity index (χ1) is 18.7. The molecule has 1 saturated heterocycles. The Bertz CT molecular complexity index is 1540. The number of halogens is 1. The van der Waals surface area contributed by atoms with E-state index in [2.05, 4.69) is 26.1 Å². The molecule has 0 unspecified atom stereocenters. The number of ether oxygens (including phenoxy) is 1. The van der Waals surface area contributed by atoms with E-state index in [0.29, 0.717) is 63.8 Å². The normalized spacial score (nSPS) is 14.2. The quantitative estimate of drug-likeness (QED) is 0.257. The lowest BCUT2D eigenvalue weighted by Gasteiger charge is -2.27. The average Bonchev–Trinajstić information content (AvgIpc) is 3.51. The summed E-state index contributed by atoms with van der Waals surface area (Å²) in [7, 11) is 0. The number of aromatic nitrogens is 2. The zero-order chi connectivity index (χ0) is 27.6. The molecule has 0 bridgehead atoms. The fraction of sp³-hybridized carbons (Fsp3) is 0.286. The third kappa shape index (κ3) is 5.69. The summed E-state index contributed by atoms with van der Waals surface area (Å²) in [5.74, 6) is -1.22. The number of nitrogens with zero attached hydrogens (tertiary/aromatic N) is 1. The number of H-pyrrole nitrogens is 1. The number of amides is 3. The highest BCUT2D eigenvalue weighted by atomic mass is 32.1. The van der Waals surface area contributed by atoms with Gasteiger partial charge in [-0.3, -0.25) is 19.5 Å². The molecule has 1 aliphatic rings. The number of rotatable bonds is 7. The standard InChI is InChI=1S/C28H28FN5O4S/c1-28(2,19-8-4-5-9-20(19)29)32-26(37)22-15-18-23(33-34-27(18)39-22)31-25(36)17-7-3-6-10-21(17)30-24(35)16-11-13-38-14-12-16/h3-10,15-16H,11-14H2,1-2H3,(H,30,35)(H,32,37)(H2,31,33,34,36). The van der Waals surface area contributed by atoms with Gasteiger partial charge in [-0.15, -0.1) is 11.3 Å². The molecule has 3 amide bonds. The lowest BCUT2D eigenvalue weighted by Crippen LogP contribution is -2.41. The molecule has 1 fully saturated rings. The largest absolute Gasteiger partial charge is 0.381 e. The third-order valence-electron chi connectivity index (χ3n) is 6.71. The van der Waals surface area contributed by atoms with Gasteiger partial charge >= 0.3 is 0 Å². The van der Waals surface area contributed by atoms with Gasteiger partial charge in [0.1, 0.15) is 16.5 Å². The Morgan fingerprint density at radius 2 is 1.74 bits per heavy atom. The summed E-state index contributed by atoms with van der Waals surface area (Å²) in [4.78, 5) is 39.9. The summed E-state index contributed by atoms with van der Waals surface area (Å²) in [6.07, 6.45) is 1.27. The third-order valence-corrected chi connectivity index (χ3v) is 7.74. The maximum atomic E-state index is 14.3. The van der Waals surface area contributed by atoms with Gasteiger partial charge in [0.25, 0.3) is 11.8 Å². The average molecular weight is 550 g/mol. The topological polar surface area (TPSA) is 125 Å². The summed E-state index contributed by atoms with van der Waals surface area (Å²) in [6, 6.07) is 14.7. The van der Waals surface area contributed by atoms with E-state index in [-0.39, 0.29) is 17.7 Å². The Kier molecular flexibility index (Phi) is 7.45. The maximum Gasteiger partial charge on any atom is 0.262 e. The monoisotopic (exact) mass is 549 g/mol. The molecule has 4 aromatic rings. The minimum Gasteiger partial charge on any atom is -0.381 e. The van der Waals surface area contributed by atoms with Crippen LogP contribution in [-0.2, 0) is 15.1 Å². The van der Waals surface area contributed by atoms with Crippen molar-refractivity contribution in [3.8, 4) is 0 Å². The zero-order valence-corrected chi connectivity index (χ0v) is 22.3. The van der Waals surface area contributed by atoms with Crippen LogP contribution < -0.4 is 16.0 Å². The van der Waals surface area contributed by atoms with Crippen LogP contribution in [0.3, 0.4) is 0 Å². The van der Waals surface area contributed by atoms with E-state index < -0.39 is 17.3 Å². The first kappa shape index (κ1) is 26.5. The predicted molar refractivity (Wildman–Crippen MR) is 147 cm³/mol. The lowest BCUT2D eigenvalue weighted by atomic mass is 9.93. The van der Waals surface area contributed by atoms with Gasteiger partial charge in [-0.1, -0.05) is 30.3 Å². The number of thiophene rings is 1. The van der Waals surface area contributed by atoms with E-state index in [9.17, 15) is 18.8 Å². The van der Waals surface area contributed by atoms with E-state index in [1.54, 1.807) is 62.4 Å². The number of aromatic amines is 1. The van der Waals surface area contributed by atoms with E-state index in [0.717, 1.165) is 11.3 Å². The molecule has 3 heterocycles. The van der Waals surface area contributed by atoms with Gasteiger partial charge in [-0.05, 0) is 51.0 Å². The van der Waals surface area contributed by atoms with Gasteiger partial charge in [-0.25, -0.2) is 4.39 Å². The lowest BCUT2D eigenvalue weighted by molar-refractivity contribution is -0.122. The van der Waals surface area contributed by atoms with Crippen LogP contribution in [0.25, 0.3) is 10.2 Å². The van der Waals surface area contributed by atoms with Crippen LogP contribution in [0.15, 0.2) is 54.6 Å². The van der Waals surface area contributed by atoms with Crippen molar-refractivity contribution in [2.45, 2.75) is 32.2 Å². The molecule has 9 nitrogen and oxygen atoms in total. The van der Waals surface area contributed by atoms with Crippen molar-refractivity contribution in [2.75, 3.05) is 23.8 Å². The molecule has 11 heteroatoms.